The van der Waals surface area contributed by atoms with Gasteiger partial charge in [-0.2, -0.15) is 11.8 Å². The molecule has 29 heavy (non-hydrogen) atoms. The Morgan fingerprint density at radius 3 is 2.28 bits per heavy atom. The average Bonchev–Trinajstić information content (AvgIpc) is 2.75. The monoisotopic (exact) mass is 415 g/mol. The highest BCUT2D eigenvalue weighted by Crippen LogP contribution is 2.13. The maximum atomic E-state index is 12.7. The van der Waals surface area contributed by atoms with Crippen LogP contribution >= 0.6 is 11.8 Å². The first-order chi connectivity index (χ1) is 13.9. The Labute approximate surface area is 177 Å². The number of rotatable bonds is 10. The minimum atomic E-state index is -0.585. The Morgan fingerprint density at radius 1 is 1.07 bits per heavy atom. The van der Waals surface area contributed by atoms with Crippen molar-refractivity contribution in [3.05, 3.63) is 59.7 Å². The number of benzene rings is 2. The molecule has 0 heterocycles. The van der Waals surface area contributed by atoms with E-state index in [2.05, 4.69) is 10.6 Å². The molecule has 2 amide bonds. The molecular formula is C22H29N3O3S. The molecule has 0 bridgehead atoms. The molecule has 0 fully saturated rings. The topological polar surface area (TPSA) is 70.7 Å². The number of hydrogen-bond acceptors (Lipinski definition) is 5. The van der Waals surface area contributed by atoms with Crippen LogP contribution in [0.15, 0.2) is 48.5 Å². The number of thioether (sulfide) groups is 1. The first-order valence-electron chi connectivity index (χ1n) is 9.42. The van der Waals surface area contributed by atoms with Crippen LogP contribution in [0.5, 0.6) is 5.75 Å². The van der Waals surface area contributed by atoms with E-state index in [4.69, 9.17) is 4.74 Å². The maximum Gasteiger partial charge on any atom is 0.251 e. The summed E-state index contributed by atoms with van der Waals surface area (Å²) in [5.74, 6) is 0.999. The van der Waals surface area contributed by atoms with Crippen LogP contribution < -0.4 is 20.3 Å². The number of methoxy groups -OCH3 is 1. The number of carbonyl (C=O) groups excluding carboxylic acids is 2. The lowest BCUT2D eigenvalue weighted by molar-refractivity contribution is -0.123. The van der Waals surface area contributed by atoms with Crippen molar-refractivity contribution in [2.45, 2.75) is 19.0 Å². The van der Waals surface area contributed by atoms with E-state index in [1.54, 1.807) is 43.1 Å². The van der Waals surface area contributed by atoms with Crippen molar-refractivity contribution in [2.75, 3.05) is 38.1 Å². The molecule has 0 aliphatic rings. The lowest BCUT2D eigenvalue weighted by Gasteiger charge is -2.19. The Kier molecular flexibility index (Phi) is 8.86. The standard InChI is InChI=1S/C22H29N3O3S/c1-25(2)18-9-5-16(6-10-18)15-23-22(27)20(13-14-29-4)24-21(26)17-7-11-19(28-3)12-8-17/h5-12,20H,13-15H2,1-4H3,(H,23,27)(H,24,26)/t20-/m1/s1. The van der Waals surface area contributed by atoms with Crippen LogP contribution in [0.1, 0.15) is 22.3 Å². The van der Waals surface area contributed by atoms with Gasteiger partial charge in [0.1, 0.15) is 11.8 Å². The second-order valence-electron chi connectivity index (χ2n) is 6.81. The van der Waals surface area contributed by atoms with Crippen molar-refractivity contribution in [1.29, 1.82) is 0 Å². The van der Waals surface area contributed by atoms with E-state index in [0.717, 1.165) is 17.0 Å². The third kappa shape index (κ3) is 7.02. The minimum absolute atomic E-state index is 0.183. The Bertz CT molecular complexity index is 792. The van der Waals surface area contributed by atoms with Gasteiger partial charge in [-0.3, -0.25) is 9.59 Å². The Hall–Kier alpha value is -2.67. The fourth-order valence-corrected chi connectivity index (χ4v) is 3.18. The van der Waals surface area contributed by atoms with E-state index in [0.29, 0.717) is 24.3 Å². The van der Waals surface area contributed by atoms with E-state index in [-0.39, 0.29) is 11.8 Å². The van der Waals surface area contributed by atoms with Gasteiger partial charge in [-0.25, -0.2) is 0 Å². The van der Waals surface area contributed by atoms with Crippen LogP contribution in [0.2, 0.25) is 0 Å². The number of amides is 2. The van der Waals surface area contributed by atoms with Crippen molar-refractivity contribution >= 4 is 29.3 Å². The summed E-state index contributed by atoms with van der Waals surface area (Å²) in [5.41, 5.74) is 2.60. The van der Waals surface area contributed by atoms with E-state index < -0.39 is 6.04 Å². The Balaban J connectivity index is 1.97. The number of nitrogens with one attached hydrogen (secondary N) is 2. The van der Waals surface area contributed by atoms with Gasteiger partial charge in [-0.1, -0.05) is 12.1 Å². The fraction of sp³-hybridized carbons (Fsp3) is 0.364. The highest BCUT2D eigenvalue weighted by molar-refractivity contribution is 7.98. The third-order valence-corrected chi connectivity index (χ3v) is 5.15. The summed E-state index contributed by atoms with van der Waals surface area (Å²) in [6, 6.07) is 14.2. The molecule has 0 radical (unpaired) electrons. The van der Waals surface area contributed by atoms with Crippen LogP contribution in [0, 0.1) is 0 Å². The molecule has 0 saturated carbocycles. The van der Waals surface area contributed by atoms with E-state index >= 15 is 0 Å². The van der Waals surface area contributed by atoms with Gasteiger partial charge in [0, 0.05) is 31.9 Å². The second kappa shape index (κ2) is 11.4. The summed E-state index contributed by atoms with van der Waals surface area (Å²) in [7, 11) is 5.54. The van der Waals surface area contributed by atoms with Crippen LogP contribution in [0.4, 0.5) is 5.69 Å². The first-order valence-corrected chi connectivity index (χ1v) is 10.8. The molecule has 2 rings (SSSR count). The summed E-state index contributed by atoms with van der Waals surface area (Å²) in [6.45, 7) is 0.417. The molecule has 6 nitrogen and oxygen atoms in total. The highest BCUT2D eigenvalue weighted by atomic mass is 32.2. The fourth-order valence-electron chi connectivity index (χ4n) is 2.71. The molecule has 0 aromatic heterocycles. The van der Waals surface area contributed by atoms with Crippen molar-refractivity contribution in [3.8, 4) is 5.75 Å². The van der Waals surface area contributed by atoms with E-state index in [1.807, 2.05) is 49.5 Å². The van der Waals surface area contributed by atoms with Gasteiger partial charge >= 0.3 is 0 Å². The summed E-state index contributed by atoms with van der Waals surface area (Å²) in [5, 5.41) is 5.79. The van der Waals surface area contributed by atoms with Crippen LogP contribution in [0.25, 0.3) is 0 Å². The van der Waals surface area contributed by atoms with Gasteiger partial charge in [0.25, 0.3) is 5.91 Å². The van der Waals surface area contributed by atoms with Gasteiger partial charge in [0.15, 0.2) is 0 Å². The summed E-state index contributed by atoms with van der Waals surface area (Å²) >= 11 is 1.64. The van der Waals surface area contributed by atoms with Crippen molar-refractivity contribution < 1.29 is 14.3 Å². The number of hydrogen-bond donors (Lipinski definition) is 2. The molecule has 2 aromatic rings. The highest BCUT2D eigenvalue weighted by Gasteiger charge is 2.21. The van der Waals surface area contributed by atoms with Crippen LogP contribution in [0.3, 0.4) is 0 Å². The SMILES string of the molecule is COc1ccc(C(=O)N[C@H](CCSC)C(=O)NCc2ccc(N(C)C)cc2)cc1. The van der Waals surface area contributed by atoms with Gasteiger partial charge < -0.3 is 20.3 Å². The van der Waals surface area contributed by atoms with Crippen molar-refractivity contribution in [1.82, 2.24) is 10.6 Å². The minimum Gasteiger partial charge on any atom is -0.497 e. The van der Waals surface area contributed by atoms with Gasteiger partial charge in [0.2, 0.25) is 5.91 Å². The average molecular weight is 416 g/mol. The zero-order chi connectivity index (χ0) is 21.2. The molecular weight excluding hydrogens is 386 g/mol. The quantitative estimate of drug-likeness (QED) is 0.624. The molecule has 156 valence electrons. The molecule has 0 saturated heterocycles. The second-order valence-corrected chi connectivity index (χ2v) is 7.80. The Morgan fingerprint density at radius 2 is 1.72 bits per heavy atom. The predicted molar refractivity (Wildman–Crippen MR) is 120 cm³/mol. The molecule has 0 spiro atoms. The third-order valence-electron chi connectivity index (χ3n) is 4.50. The molecule has 2 aromatic carbocycles. The van der Waals surface area contributed by atoms with Gasteiger partial charge in [0.05, 0.1) is 7.11 Å². The number of carbonyl (C=O) groups is 2. The zero-order valence-corrected chi connectivity index (χ0v) is 18.2. The molecule has 0 aliphatic carbocycles. The normalized spacial score (nSPS) is 11.4. The van der Waals surface area contributed by atoms with Gasteiger partial charge in [-0.15, -0.1) is 0 Å². The number of ether oxygens (including phenoxy) is 1. The van der Waals surface area contributed by atoms with E-state index in [1.165, 1.54) is 0 Å². The summed E-state index contributed by atoms with van der Waals surface area (Å²) in [6.07, 6.45) is 2.54. The maximum absolute atomic E-state index is 12.7. The predicted octanol–water partition coefficient (Wildman–Crippen LogP) is 2.93. The number of nitrogens with zero attached hydrogens (tertiary/aromatic N) is 1. The van der Waals surface area contributed by atoms with Crippen molar-refractivity contribution in [2.24, 2.45) is 0 Å². The lowest BCUT2D eigenvalue weighted by Crippen LogP contribution is -2.46. The van der Waals surface area contributed by atoms with E-state index in [9.17, 15) is 9.59 Å². The molecule has 0 aliphatic heterocycles. The molecule has 1 atom stereocenters. The van der Waals surface area contributed by atoms with Crippen LogP contribution in [-0.2, 0) is 11.3 Å². The summed E-state index contributed by atoms with van der Waals surface area (Å²) in [4.78, 5) is 27.3. The smallest absolute Gasteiger partial charge is 0.251 e. The molecule has 7 heteroatoms. The first kappa shape index (κ1) is 22.6. The summed E-state index contributed by atoms with van der Waals surface area (Å²) < 4.78 is 5.11. The molecule has 0 unspecified atom stereocenters. The van der Waals surface area contributed by atoms with Crippen LogP contribution in [-0.4, -0.2) is 51.1 Å². The van der Waals surface area contributed by atoms with Crippen molar-refractivity contribution in [3.63, 3.8) is 0 Å². The lowest BCUT2D eigenvalue weighted by atomic mass is 10.1. The molecule has 2 N–H and O–H groups in total. The zero-order valence-electron chi connectivity index (χ0n) is 17.4. The van der Waals surface area contributed by atoms with Gasteiger partial charge in [-0.05, 0) is 60.4 Å². The largest absolute Gasteiger partial charge is 0.497 e. The number of anilines is 1.